The molecule has 1 aromatic heterocycles. The van der Waals surface area contributed by atoms with E-state index in [1.165, 1.54) is 19.2 Å². The third-order valence-electron chi connectivity index (χ3n) is 5.38. The summed E-state index contributed by atoms with van der Waals surface area (Å²) in [6, 6.07) is 9.15. The van der Waals surface area contributed by atoms with Crippen LogP contribution in [0, 0.1) is 5.82 Å². The van der Waals surface area contributed by atoms with E-state index in [1.54, 1.807) is 24.3 Å². The summed E-state index contributed by atoms with van der Waals surface area (Å²) < 4.78 is 44.8. The smallest absolute Gasteiger partial charge is 0.411 e. The van der Waals surface area contributed by atoms with Crippen LogP contribution in [0.4, 0.5) is 14.9 Å². The summed E-state index contributed by atoms with van der Waals surface area (Å²) in [7, 11) is -2.71. The van der Waals surface area contributed by atoms with Crippen LogP contribution in [-0.4, -0.2) is 57.3 Å². The van der Waals surface area contributed by atoms with Crippen molar-refractivity contribution in [2.45, 2.75) is 24.1 Å². The van der Waals surface area contributed by atoms with Crippen molar-refractivity contribution in [1.82, 2.24) is 15.6 Å². The molecule has 13 heteroatoms. The van der Waals surface area contributed by atoms with Crippen molar-refractivity contribution < 1.29 is 31.9 Å². The Kier molecular flexibility index (Phi) is 7.22. The molecule has 0 spiro atoms. The Labute approximate surface area is 210 Å². The number of ether oxygens (including phenoxy) is 1. The van der Waals surface area contributed by atoms with Gasteiger partial charge in [0.15, 0.2) is 15.1 Å². The molecule has 0 bridgehead atoms. The summed E-state index contributed by atoms with van der Waals surface area (Å²) in [5, 5.41) is 5.90. The van der Waals surface area contributed by atoms with E-state index in [0.29, 0.717) is 21.5 Å². The number of aromatic nitrogens is 1. The molecule has 1 aliphatic carbocycles. The van der Waals surface area contributed by atoms with Crippen molar-refractivity contribution in [2.24, 2.45) is 0 Å². The van der Waals surface area contributed by atoms with Gasteiger partial charge in [-0.2, -0.15) is 0 Å². The summed E-state index contributed by atoms with van der Waals surface area (Å²) in [5.74, 6) is -1.85. The number of nitrogens with zero attached hydrogens (tertiary/aromatic N) is 1. The standard InChI is InChI=1S/C23H23FN4O6S2/c1-34-23(31)27-14-5-3-12(4-6-14)15-9-17-18(10-16(15)24)35-22(28-17)20(36(2,32)33)21(30)25-11-19(29)26-13-7-8-13/h3-6,9-10,13,20H,7-8,11H2,1-2H3,(H,25,30)(H,26,29)(H,27,31). The minimum atomic E-state index is -3.95. The monoisotopic (exact) mass is 534 g/mol. The number of fused-ring (bicyclic) bond motifs is 1. The largest absolute Gasteiger partial charge is 0.453 e. The zero-order chi connectivity index (χ0) is 26.0. The number of anilines is 1. The molecule has 3 N–H and O–H groups in total. The number of sulfone groups is 1. The van der Waals surface area contributed by atoms with Crippen molar-refractivity contribution in [3.8, 4) is 11.1 Å². The quantitative estimate of drug-likeness (QED) is 0.403. The van der Waals surface area contributed by atoms with E-state index in [0.717, 1.165) is 30.4 Å². The van der Waals surface area contributed by atoms with Gasteiger partial charge in [0, 0.05) is 23.5 Å². The molecule has 1 heterocycles. The normalized spacial score (nSPS) is 14.2. The number of thiazole rings is 1. The second-order valence-electron chi connectivity index (χ2n) is 8.31. The first-order chi connectivity index (χ1) is 17.0. The van der Waals surface area contributed by atoms with Gasteiger partial charge >= 0.3 is 6.09 Å². The van der Waals surface area contributed by atoms with Gasteiger partial charge in [-0.25, -0.2) is 22.6 Å². The maximum atomic E-state index is 14.9. The first kappa shape index (κ1) is 25.5. The molecule has 10 nitrogen and oxygen atoms in total. The van der Waals surface area contributed by atoms with Gasteiger partial charge in [-0.3, -0.25) is 14.9 Å². The number of methoxy groups -OCH3 is 1. The number of carbonyl (C=O) groups is 3. The van der Waals surface area contributed by atoms with Crippen LogP contribution in [0.5, 0.6) is 0 Å². The molecule has 2 aromatic carbocycles. The second-order valence-corrected chi connectivity index (χ2v) is 11.5. The van der Waals surface area contributed by atoms with Gasteiger partial charge in [-0.05, 0) is 42.7 Å². The van der Waals surface area contributed by atoms with E-state index < -0.39 is 38.8 Å². The number of hydrogen-bond donors (Lipinski definition) is 3. The fourth-order valence-corrected chi connectivity index (χ4v) is 5.97. The minimum Gasteiger partial charge on any atom is -0.453 e. The van der Waals surface area contributed by atoms with E-state index in [4.69, 9.17) is 0 Å². The van der Waals surface area contributed by atoms with Crippen molar-refractivity contribution in [1.29, 1.82) is 0 Å². The number of carbonyl (C=O) groups excluding carboxylic acids is 3. The van der Waals surface area contributed by atoms with Crippen molar-refractivity contribution in [3.05, 3.63) is 47.2 Å². The van der Waals surface area contributed by atoms with Crippen LogP contribution in [-0.2, 0) is 24.2 Å². The van der Waals surface area contributed by atoms with E-state index in [2.05, 4.69) is 25.7 Å². The lowest BCUT2D eigenvalue weighted by Gasteiger charge is -2.12. The number of nitrogens with one attached hydrogen (secondary N) is 3. The predicted octanol–water partition coefficient (Wildman–Crippen LogP) is 2.76. The molecule has 3 aromatic rings. The van der Waals surface area contributed by atoms with Crippen LogP contribution >= 0.6 is 11.3 Å². The predicted molar refractivity (Wildman–Crippen MR) is 133 cm³/mol. The van der Waals surface area contributed by atoms with Gasteiger partial charge in [-0.1, -0.05) is 12.1 Å². The average molecular weight is 535 g/mol. The number of benzene rings is 2. The van der Waals surface area contributed by atoms with E-state index in [-0.39, 0.29) is 23.2 Å². The highest BCUT2D eigenvalue weighted by molar-refractivity contribution is 7.91. The van der Waals surface area contributed by atoms with Gasteiger partial charge < -0.3 is 15.4 Å². The lowest BCUT2D eigenvalue weighted by molar-refractivity contribution is -0.126. The Morgan fingerprint density at radius 1 is 1.19 bits per heavy atom. The number of halogens is 1. The number of hydrogen-bond acceptors (Lipinski definition) is 8. The van der Waals surface area contributed by atoms with E-state index in [9.17, 15) is 27.2 Å². The molecule has 0 aliphatic heterocycles. The Morgan fingerprint density at radius 3 is 2.50 bits per heavy atom. The average Bonchev–Trinajstić information content (AvgIpc) is 3.54. The van der Waals surface area contributed by atoms with Crippen LogP contribution in [0.1, 0.15) is 23.1 Å². The molecule has 4 rings (SSSR count). The highest BCUT2D eigenvalue weighted by atomic mass is 32.2. The summed E-state index contributed by atoms with van der Waals surface area (Å²) in [4.78, 5) is 40.3. The molecular weight excluding hydrogens is 511 g/mol. The van der Waals surface area contributed by atoms with Crippen LogP contribution in [0.15, 0.2) is 36.4 Å². The fourth-order valence-electron chi connectivity index (χ4n) is 3.46. The van der Waals surface area contributed by atoms with Crippen LogP contribution < -0.4 is 16.0 Å². The fraction of sp³-hybridized carbons (Fsp3) is 0.304. The summed E-state index contributed by atoms with van der Waals surface area (Å²) in [6.07, 6.45) is 2.02. The lowest BCUT2D eigenvalue weighted by Crippen LogP contribution is -2.41. The Bertz CT molecular complexity index is 1430. The molecule has 36 heavy (non-hydrogen) atoms. The Balaban J connectivity index is 1.59. The van der Waals surface area contributed by atoms with E-state index >= 15 is 0 Å². The minimum absolute atomic E-state index is 0.0261. The summed E-state index contributed by atoms with van der Waals surface area (Å²) in [6.45, 7) is -0.355. The summed E-state index contributed by atoms with van der Waals surface area (Å²) in [5.41, 5.74) is 1.48. The molecule has 1 fully saturated rings. The number of amides is 3. The highest BCUT2D eigenvalue weighted by Crippen LogP contribution is 2.35. The molecule has 1 saturated carbocycles. The Hall–Kier alpha value is -3.58. The molecule has 1 unspecified atom stereocenters. The van der Waals surface area contributed by atoms with Gasteiger partial charge in [0.2, 0.25) is 11.8 Å². The first-order valence-electron chi connectivity index (χ1n) is 10.9. The third kappa shape index (κ3) is 5.97. The number of rotatable bonds is 8. The third-order valence-corrected chi connectivity index (χ3v) is 7.90. The molecule has 1 atom stereocenters. The topological polar surface area (TPSA) is 144 Å². The van der Waals surface area contributed by atoms with Gasteiger partial charge in [0.25, 0.3) is 0 Å². The van der Waals surface area contributed by atoms with Gasteiger partial charge in [0.05, 0.1) is 23.9 Å². The molecule has 190 valence electrons. The summed E-state index contributed by atoms with van der Waals surface area (Å²) >= 11 is 0.892. The van der Waals surface area contributed by atoms with Crippen molar-refractivity contribution >= 4 is 55.0 Å². The van der Waals surface area contributed by atoms with Crippen LogP contribution in [0.25, 0.3) is 21.3 Å². The van der Waals surface area contributed by atoms with Gasteiger partial charge in [-0.15, -0.1) is 11.3 Å². The SMILES string of the molecule is COC(=O)Nc1ccc(-c2cc3nc(C(C(=O)NCC(=O)NC4CC4)S(C)(=O)=O)sc3cc2F)cc1. The van der Waals surface area contributed by atoms with E-state index in [1.807, 2.05) is 0 Å². The van der Waals surface area contributed by atoms with Crippen LogP contribution in [0.2, 0.25) is 0 Å². The molecular formula is C23H23FN4O6S2. The van der Waals surface area contributed by atoms with Crippen molar-refractivity contribution in [2.75, 3.05) is 25.2 Å². The maximum absolute atomic E-state index is 14.9. The zero-order valence-electron chi connectivity index (χ0n) is 19.3. The maximum Gasteiger partial charge on any atom is 0.411 e. The zero-order valence-corrected chi connectivity index (χ0v) is 21.0. The first-order valence-corrected chi connectivity index (χ1v) is 13.6. The second kappa shape index (κ2) is 10.2. The Morgan fingerprint density at radius 2 is 1.89 bits per heavy atom. The van der Waals surface area contributed by atoms with Crippen molar-refractivity contribution in [3.63, 3.8) is 0 Å². The molecule has 3 amide bonds. The molecule has 1 aliphatic rings. The molecule has 0 saturated heterocycles. The van der Waals surface area contributed by atoms with Gasteiger partial charge in [0.1, 0.15) is 10.8 Å². The molecule has 0 radical (unpaired) electrons. The lowest BCUT2D eigenvalue weighted by atomic mass is 10.0. The van der Waals surface area contributed by atoms with Crippen LogP contribution in [0.3, 0.4) is 0 Å². The highest BCUT2D eigenvalue weighted by Gasteiger charge is 2.34.